The van der Waals surface area contributed by atoms with Crippen molar-refractivity contribution in [3.05, 3.63) is 30.3 Å². The van der Waals surface area contributed by atoms with Crippen LogP contribution >= 0.6 is 0 Å². The molecule has 0 radical (unpaired) electrons. The molecule has 0 spiro atoms. The fourth-order valence-electron chi connectivity index (χ4n) is 5.25. The van der Waals surface area contributed by atoms with Crippen LogP contribution in [0.25, 0.3) is 0 Å². The molecule has 2 N–H and O–H groups in total. The molecule has 7 nitrogen and oxygen atoms in total. The predicted octanol–water partition coefficient (Wildman–Crippen LogP) is 2.83. The standard InChI is InChI=1S/C22H28N4O3/c23-15-22(10-12-24-13-11-22)19-14-25(17-8-6-16(7-9-17)20(27)28)21(29)26(19)18-4-2-1-3-5-18/h1-5,16-17,19,24H,6-14H2,(H,27,28). The molecule has 1 saturated carbocycles. The number of amides is 2. The van der Waals surface area contributed by atoms with E-state index in [4.69, 9.17) is 0 Å². The van der Waals surface area contributed by atoms with Crippen LogP contribution in [-0.2, 0) is 4.79 Å². The van der Waals surface area contributed by atoms with Gasteiger partial charge in [-0.2, -0.15) is 5.26 Å². The molecule has 1 unspecified atom stereocenters. The molecule has 4 rings (SSSR count). The lowest BCUT2D eigenvalue weighted by molar-refractivity contribution is -0.143. The van der Waals surface area contributed by atoms with E-state index in [0.717, 1.165) is 31.6 Å². The Labute approximate surface area is 171 Å². The Kier molecular flexibility index (Phi) is 5.46. The average Bonchev–Trinajstić information content (AvgIpc) is 3.12. The molecule has 2 aliphatic heterocycles. The second-order valence-corrected chi connectivity index (χ2v) is 8.52. The van der Waals surface area contributed by atoms with Crippen LogP contribution in [0.4, 0.5) is 10.5 Å². The maximum Gasteiger partial charge on any atom is 0.325 e. The Balaban J connectivity index is 1.62. The van der Waals surface area contributed by atoms with E-state index in [9.17, 15) is 20.0 Å². The molecule has 1 aliphatic carbocycles. The first-order valence-corrected chi connectivity index (χ1v) is 10.6. The van der Waals surface area contributed by atoms with E-state index in [-0.39, 0.29) is 24.0 Å². The third-order valence-corrected chi connectivity index (χ3v) is 7.01. The summed E-state index contributed by atoms with van der Waals surface area (Å²) in [7, 11) is 0. The molecule has 1 aromatic rings. The summed E-state index contributed by atoms with van der Waals surface area (Å²) in [5, 5.41) is 22.8. The Hall–Kier alpha value is -2.59. The maximum atomic E-state index is 13.5. The lowest BCUT2D eigenvalue weighted by Gasteiger charge is -2.39. The number of nitrogens with zero attached hydrogens (tertiary/aromatic N) is 3. The zero-order valence-electron chi connectivity index (χ0n) is 16.6. The Bertz CT molecular complexity index is 792. The summed E-state index contributed by atoms with van der Waals surface area (Å²) in [5.74, 6) is -1.04. The van der Waals surface area contributed by atoms with Gasteiger partial charge in [-0.05, 0) is 63.7 Å². The zero-order chi connectivity index (χ0) is 20.4. The van der Waals surface area contributed by atoms with E-state index in [1.807, 2.05) is 40.1 Å². The van der Waals surface area contributed by atoms with E-state index >= 15 is 0 Å². The summed E-state index contributed by atoms with van der Waals surface area (Å²) >= 11 is 0. The van der Waals surface area contributed by atoms with Crippen LogP contribution in [0.5, 0.6) is 0 Å². The topological polar surface area (TPSA) is 96.7 Å². The van der Waals surface area contributed by atoms with Gasteiger partial charge < -0.3 is 15.3 Å². The van der Waals surface area contributed by atoms with Gasteiger partial charge in [0.2, 0.25) is 0 Å². The molecule has 3 aliphatic rings. The second kappa shape index (κ2) is 8.03. The van der Waals surface area contributed by atoms with E-state index in [1.165, 1.54) is 0 Å². The van der Waals surface area contributed by atoms with Crippen molar-refractivity contribution in [3.8, 4) is 6.07 Å². The third kappa shape index (κ3) is 3.58. The zero-order valence-corrected chi connectivity index (χ0v) is 16.6. The molecule has 3 fully saturated rings. The second-order valence-electron chi connectivity index (χ2n) is 8.52. The number of carboxylic acids is 1. The first kappa shape index (κ1) is 19.7. The van der Waals surface area contributed by atoms with Crippen molar-refractivity contribution in [1.29, 1.82) is 5.26 Å². The van der Waals surface area contributed by atoms with Gasteiger partial charge in [0, 0.05) is 18.3 Å². The minimum absolute atomic E-state index is 0.0479. The Morgan fingerprint density at radius 2 is 1.79 bits per heavy atom. The quantitative estimate of drug-likeness (QED) is 0.816. The largest absolute Gasteiger partial charge is 0.481 e. The van der Waals surface area contributed by atoms with Crippen LogP contribution in [-0.4, -0.2) is 53.7 Å². The fraction of sp³-hybridized carbons (Fsp3) is 0.591. The minimum atomic E-state index is -0.738. The third-order valence-electron chi connectivity index (χ3n) is 7.01. The molecular weight excluding hydrogens is 368 g/mol. The SMILES string of the molecule is N#CC1(C2CN(C3CCC(C(=O)O)CC3)C(=O)N2c2ccccc2)CCNCC1. The van der Waals surface area contributed by atoms with Gasteiger partial charge in [0.15, 0.2) is 0 Å². The van der Waals surface area contributed by atoms with Crippen molar-refractivity contribution in [3.63, 3.8) is 0 Å². The van der Waals surface area contributed by atoms with Gasteiger partial charge in [0.05, 0.1) is 23.4 Å². The van der Waals surface area contributed by atoms with Crippen molar-refractivity contribution in [2.24, 2.45) is 11.3 Å². The number of hydrogen-bond acceptors (Lipinski definition) is 4. The summed E-state index contributed by atoms with van der Waals surface area (Å²) in [4.78, 5) is 28.6. The van der Waals surface area contributed by atoms with Gasteiger partial charge in [0.25, 0.3) is 0 Å². The highest BCUT2D eigenvalue weighted by Crippen LogP contribution is 2.42. The van der Waals surface area contributed by atoms with Crippen LogP contribution in [0.1, 0.15) is 38.5 Å². The molecule has 1 atom stereocenters. The van der Waals surface area contributed by atoms with Gasteiger partial charge >= 0.3 is 12.0 Å². The number of carbonyl (C=O) groups is 2. The summed E-state index contributed by atoms with van der Waals surface area (Å²) in [5.41, 5.74) is 0.265. The van der Waals surface area contributed by atoms with E-state index in [2.05, 4.69) is 11.4 Å². The van der Waals surface area contributed by atoms with Gasteiger partial charge in [-0.25, -0.2) is 4.79 Å². The monoisotopic (exact) mass is 396 g/mol. The number of nitrogens with one attached hydrogen (secondary N) is 1. The molecule has 1 aromatic carbocycles. The van der Waals surface area contributed by atoms with Crippen molar-refractivity contribution in [2.45, 2.75) is 50.6 Å². The maximum absolute atomic E-state index is 13.5. The number of rotatable bonds is 4. The Morgan fingerprint density at radius 1 is 1.14 bits per heavy atom. The van der Waals surface area contributed by atoms with E-state index in [1.54, 1.807) is 0 Å². The molecule has 29 heavy (non-hydrogen) atoms. The first-order chi connectivity index (χ1) is 14.1. The summed E-state index contributed by atoms with van der Waals surface area (Å²) in [6, 6.07) is 12.0. The van der Waals surface area contributed by atoms with Crippen molar-refractivity contribution >= 4 is 17.7 Å². The lowest BCUT2D eigenvalue weighted by Crippen LogP contribution is -2.51. The molecule has 154 valence electrons. The van der Waals surface area contributed by atoms with Crippen LogP contribution in [0, 0.1) is 22.7 Å². The molecule has 7 heteroatoms. The Morgan fingerprint density at radius 3 is 2.38 bits per heavy atom. The highest BCUT2D eigenvalue weighted by molar-refractivity contribution is 5.95. The van der Waals surface area contributed by atoms with Gasteiger partial charge in [-0.1, -0.05) is 18.2 Å². The lowest BCUT2D eigenvalue weighted by atomic mass is 9.73. The fourth-order valence-corrected chi connectivity index (χ4v) is 5.25. The number of carboxylic acid groups (broad SMARTS) is 1. The van der Waals surface area contributed by atoms with E-state index in [0.29, 0.717) is 32.2 Å². The molecule has 0 bridgehead atoms. The van der Waals surface area contributed by atoms with Gasteiger partial charge in [-0.15, -0.1) is 0 Å². The first-order valence-electron chi connectivity index (χ1n) is 10.6. The number of urea groups is 1. The summed E-state index contributed by atoms with van der Waals surface area (Å²) in [6.07, 6.45) is 4.08. The normalized spacial score (nSPS) is 29.5. The summed E-state index contributed by atoms with van der Waals surface area (Å²) in [6.45, 7) is 2.10. The number of aliphatic carboxylic acids is 1. The van der Waals surface area contributed by atoms with E-state index < -0.39 is 11.4 Å². The minimum Gasteiger partial charge on any atom is -0.481 e. The van der Waals surface area contributed by atoms with Crippen LogP contribution in [0.3, 0.4) is 0 Å². The molecular formula is C22H28N4O3. The number of carbonyl (C=O) groups excluding carboxylic acids is 1. The van der Waals surface area contributed by atoms with Crippen molar-refractivity contribution in [2.75, 3.05) is 24.5 Å². The number of nitriles is 1. The van der Waals surface area contributed by atoms with Crippen molar-refractivity contribution in [1.82, 2.24) is 10.2 Å². The highest BCUT2D eigenvalue weighted by Gasteiger charge is 2.52. The number of para-hydroxylation sites is 1. The molecule has 0 aromatic heterocycles. The van der Waals surface area contributed by atoms with Crippen molar-refractivity contribution < 1.29 is 14.7 Å². The number of benzene rings is 1. The highest BCUT2D eigenvalue weighted by atomic mass is 16.4. The molecule has 2 amide bonds. The van der Waals surface area contributed by atoms with Crippen LogP contribution in [0.15, 0.2) is 30.3 Å². The van der Waals surface area contributed by atoms with Gasteiger partial charge in [0.1, 0.15) is 0 Å². The number of hydrogen-bond donors (Lipinski definition) is 2. The molecule has 2 saturated heterocycles. The smallest absolute Gasteiger partial charge is 0.325 e. The molecule has 2 heterocycles. The van der Waals surface area contributed by atoms with Crippen LogP contribution in [0.2, 0.25) is 0 Å². The van der Waals surface area contributed by atoms with Crippen LogP contribution < -0.4 is 10.2 Å². The summed E-state index contributed by atoms with van der Waals surface area (Å²) < 4.78 is 0. The number of piperidine rings is 1. The number of anilines is 1. The van der Waals surface area contributed by atoms with Gasteiger partial charge in [-0.3, -0.25) is 9.69 Å². The average molecular weight is 396 g/mol. The predicted molar refractivity (Wildman–Crippen MR) is 108 cm³/mol.